The number of hydrogen-bond donors (Lipinski definition) is 1. The number of halogens is 2. The molecule has 1 N–H and O–H groups in total. The zero-order chi connectivity index (χ0) is 17.1. The summed E-state index contributed by atoms with van der Waals surface area (Å²) in [5, 5.41) is 3.43. The molecule has 0 amide bonds. The fourth-order valence-corrected chi connectivity index (χ4v) is 3.29. The monoisotopic (exact) mass is 369 g/mol. The Morgan fingerprint density at radius 3 is 2.50 bits per heavy atom. The van der Waals surface area contributed by atoms with E-state index in [9.17, 15) is 4.39 Å². The van der Waals surface area contributed by atoms with E-state index < -0.39 is 0 Å². The minimum Gasteiger partial charge on any atom is -0.311 e. The fraction of sp³-hybridized carbons (Fsp3) is 0.238. The summed E-state index contributed by atoms with van der Waals surface area (Å²) in [7, 11) is 0. The summed E-state index contributed by atoms with van der Waals surface area (Å²) in [6, 6.07) is 16.9. The third kappa shape index (κ3) is 4.09. The molecule has 0 radical (unpaired) electrons. The van der Waals surface area contributed by atoms with Crippen LogP contribution < -0.4 is 5.32 Å². The van der Waals surface area contributed by atoms with Crippen LogP contribution in [0, 0.1) is 5.82 Å². The quantitative estimate of drug-likeness (QED) is 0.746. The van der Waals surface area contributed by atoms with Crippen molar-refractivity contribution in [2.75, 3.05) is 6.54 Å². The highest BCUT2D eigenvalue weighted by atomic mass is 35.5. The highest BCUT2D eigenvalue weighted by Gasteiger charge is 2.18. The Labute approximate surface area is 159 Å². The minimum absolute atomic E-state index is 0. The zero-order valence-electron chi connectivity index (χ0n) is 14.4. The summed E-state index contributed by atoms with van der Waals surface area (Å²) in [5.41, 5.74) is 5.34. The highest BCUT2D eigenvalue weighted by molar-refractivity contribution is 5.85. The summed E-state index contributed by atoms with van der Waals surface area (Å²) in [5.74, 6) is 0.586. The fourth-order valence-electron chi connectivity index (χ4n) is 3.29. The molecule has 0 atom stereocenters. The van der Waals surface area contributed by atoms with Gasteiger partial charge in [-0.3, -0.25) is 0 Å². The molecule has 26 heavy (non-hydrogen) atoms. The molecule has 1 aliphatic heterocycles. The van der Waals surface area contributed by atoms with Gasteiger partial charge in [-0.15, -0.1) is 12.4 Å². The van der Waals surface area contributed by atoms with Crippen molar-refractivity contribution in [1.29, 1.82) is 0 Å². The molecule has 0 aliphatic carbocycles. The van der Waals surface area contributed by atoms with Crippen LogP contribution in [0.25, 0.3) is 11.3 Å². The van der Waals surface area contributed by atoms with Crippen molar-refractivity contribution in [3.63, 3.8) is 0 Å². The van der Waals surface area contributed by atoms with Gasteiger partial charge in [-0.1, -0.05) is 30.3 Å². The van der Waals surface area contributed by atoms with E-state index in [1.165, 1.54) is 23.3 Å². The van der Waals surface area contributed by atoms with E-state index in [1.54, 1.807) is 0 Å². The van der Waals surface area contributed by atoms with Gasteiger partial charge in [0.05, 0.1) is 11.4 Å². The molecule has 0 bridgehead atoms. The molecule has 2 heterocycles. The van der Waals surface area contributed by atoms with E-state index in [-0.39, 0.29) is 18.2 Å². The summed E-state index contributed by atoms with van der Waals surface area (Å²) >= 11 is 0. The second kappa shape index (κ2) is 8.39. The first-order chi connectivity index (χ1) is 12.3. The third-order valence-electron chi connectivity index (χ3n) is 4.53. The lowest BCUT2D eigenvalue weighted by atomic mass is 10.0. The molecule has 2 aromatic carbocycles. The molecule has 3 nitrogen and oxygen atoms in total. The molecule has 0 unspecified atom stereocenters. The summed E-state index contributed by atoms with van der Waals surface area (Å²) in [6.45, 7) is 1.74. The topological polar surface area (TPSA) is 37.8 Å². The van der Waals surface area contributed by atoms with E-state index in [4.69, 9.17) is 9.97 Å². The predicted octanol–water partition coefficient (Wildman–Crippen LogP) is 4.33. The summed E-state index contributed by atoms with van der Waals surface area (Å²) in [4.78, 5) is 9.69. The van der Waals surface area contributed by atoms with Gasteiger partial charge >= 0.3 is 0 Å². The van der Waals surface area contributed by atoms with E-state index in [0.29, 0.717) is 6.42 Å². The molecule has 1 aromatic heterocycles. The largest absolute Gasteiger partial charge is 0.311 e. The van der Waals surface area contributed by atoms with Gasteiger partial charge in [0, 0.05) is 24.1 Å². The Morgan fingerprint density at radius 2 is 1.73 bits per heavy atom. The van der Waals surface area contributed by atoms with Crippen LogP contribution in [0.15, 0.2) is 54.6 Å². The molecule has 0 saturated heterocycles. The van der Waals surface area contributed by atoms with Crippen molar-refractivity contribution < 1.29 is 4.39 Å². The van der Waals surface area contributed by atoms with Crippen molar-refractivity contribution in [1.82, 2.24) is 15.3 Å². The predicted molar refractivity (Wildman–Crippen MR) is 104 cm³/mol. The van der Waals surface area contributed by atoms with Crippen molar-refractivity contribution in [3.05, 3.63) is 83.1 Å². The van der Waals surface area contributed by atoms with Crippen molar-refractivity contribution in [3.8, 4) is 11.3 Å². The van der Waals surface area contributed by atoms with Crippen molar-refractivity contribution >= 4 is 12.4 Å². The Hall–Kier alpha value is -2.30. The highest BCUT2D eigenvalue weighted by Crippen LogP contribution is 2.27. The molecule has 134 valence electrons. The number of benzene rings is 2. The first kappa shape index (κ1) is 18.5. The Morgan fingerprint density at radius 1 is 0.962 bits per heavy atom. The standard InChI is InChI=1S/C21H20FN3.ClH/c22-17-10-8-16(9-11-17)21-18-7-4-12-23-14-19(18)24-20(25-21)13-15-5-2-1-3-6-15;/h1-3,5-6,8-11,23H,4,7,12-14H2;1H. The van der Waals surface area contributed by atoms with Gasteiger partial charge in [0.15, 0.2) is 0 Å². The molecule has 5 heteroatoms. The van der Waals surface area contributed by atoms with Gasteiger partial charge in [-0.25, -0.2) is 14.4 Å². The van der Waals surface area contributed by atoms with Crippen LogP contribution in [0.3, 0.4) is 0 Å². The Balaban J connectivity index is 0.00000196. The van der Waals surface area contributed by atoms with Gasteiger partial charge < -0.3 is 5.32 Å². The Kier molecular flexibility index (Phi) is 5.96. The molecular formula is C21H21ClFN3. The summed E-state index contributed by atoms with van der Waals surface area (Å²) in [6.07, 6.45) is 2.70. The van der Waals surface area contributed by atoms with Crippen molar-refractivity contribution in [2.45, 2.75) is 25.8 Å². The molecule has 4 rings (SSSR count). The van der Waals surface area contributed by atoms with Crippen LogP contribution in [0.4, 0.5) is 4.39 Å². The maximum absolute atomic E-state index is 13.3. The number of hydrogen-bond acceptors (Lipinski definition) is 3. The average molecular weight is 370 g/mol. The van der Waals surface area contributed by atoms with Crippen LogP contribution in [0.5, 0.6) is 0 Å². The molecule has 0 fully saturated rings. The maximum Gasteiger partial charge on any atom is 0.133 e. The molecule has 0 spiro atoms. The molecule has 3 aromatic rings. The van der Waals surface area contributed by atoms with Crippen LogP contribution in [0.2, 0.25) is 0 Å². The first-order valence-corrected chi connectivity index (χ1v) is 8.69. The molecule has 0 saturated carbocycles. The van der Waals surface area contributed by atoms with E-state index in [0.717, 1.165) is 48.7 Å². The zero-order valence-corrected chi connectivity index (χ0v) is 15.2. The first-order valence-electron chi connectivity index (χ1n) is 8.69. The summed E-state index contributed by atoms with van der Waals surface area (Å²) < 4.78 is 13.3. The maximum atomic E-state index is 13.3. The van der Waals surface area contributed by atoms with E-state index in [2.05, 4.69) is 17.4 Å². The van der Waals surface area contributed by atoms with Gasteiger partial charge in [0.25, 0.3) is 0 Å². The Bertz CT molecular complexity index is 866. The van der Waals surface area contributed by atoms with E-state index >= 15 is 0 Å². The lowest BCUT2D eigenvalue weighted by molar-refractivity contribution is 0.628. The lowest BCUT2D eigenvalue weighted by Crippen LogP contribution is -2.14. The SMILES string of the molecule is Cl.Fc1ccc(-c2nc(Cc3ccccc3)nc3c2CCCNC3)cc1. The lowest BCUT2D eigenvalue weighted by Gasteiger charge is -2.14. The second-order valence-corrected chi connectivity index (χ2v) is 6.36. The van der Waals surface area contributed by atoms with Gasteiger partial charge in [-0.05, 0) is 49.2 Å². The number of aromatic nitrogens is 2. The van der Waals surface area contributed by atoms with Gasteiger partial charge in [0.2, 0.25) is 0 Å². The average Bonchev–Trinajstić information content (AvgIpc) is 2.88. The van der Waals surface area contributed by atoms with Crippen LogP contribution in [0.1, 0.15) is 29.1 Å². The van der Waals surface area contributed by atoms with Crippen LogP contribution in [-0.2, 0) is 19.4 Å². The number of rotatable bonds is 3. The van der Waals surface area contributed by atoms with Gasteiger partial charge in [-0.2, -0.15) is 0 Å². The van der Waals surface area contributed by atoms with Gasteiger partial charge in [0.1, 0.15) is 11.6 Å². The normalized spacial score (nSPS) is 13.4. The molecular weight excluding hydrogens is 349 g/mol. The van der Waals surface area contributed by atoms with Crippen LogP contribution in [-0.4, -0.2) is 16.5 Å². The number of nitrogens with zero attached hydrogens (tertiary/aromatic N) is 2. The van der Waals surface area contributed by atoms with Crippen molar-refractivity contribution in [2.24, 2.45) is 0 Å². The second-order valence-electron chi connectivity index (χ2n) is 6.36. The molecule has 1 aliphatic rings. The number of fused-ring (bicyclic) bond motifs is 1. The minimum atomic E-state index is -0.227. The van der Waals surface area contributed by atoms with Crippen LogP contribution >= 0.6 is 12.4 Å². The van der Waals surface area contributed by atoms with E-state index in [1.807, 2.05) is 30.3 Å². The third-order valence-corrected chi connectivity index (χ3v) is 4.53. The smallest absolute Gasteiger partial charge is 0.133 e. The number of nitrogens with one attached hydrogen (secondary N) is 1.